The molecule has 3 N–H and O–H groups in total. The molecule has 1 amide bonds. The normalized spacial score (nSPS) is 11.5. The van der Waals surface area contributed by atoms with Crippen LogP contribution in [-0.4, -0.2) is 28.0 Å². The molecule has 0 fully saturated rings. The summed E-state index contributed by atoms with van der Waals surface area (Å²) in [5.74, 6) is -0.574. The number of anilines is 1. The minimum atomic E-state index is -0.436. The smallest absolute Gasteiger partial charge is 0.278 e. The maximum absolute atomic E-state index is 13.4. The molecule has 0 radical (unpaired) electrons. The summed E-state index contributed by atoms with van der Waals surface area (Å²) in [5, 5.41) is 3.10. The summed E-state index contributed by atoms with van der Waals surface area (Å²) in [7, 11) is 0. The van der Waals surface area contributed by atoms with E-state index in [1.54, 1.807) is 29.0 Å². The van der Waals surface area contributed by atoms with Crippen molar-refractivity contribution in [2.45, 2.75) is 46.4 Å². The van der Waals surface area contributed by atoms with Gasteiger partial charge in [0.25, 0.3) is 17.1 Å². The van der Waals surface area contributed by atoms with Gasteiger partial charge in [-0.2, -0.15) is 0 Å². The van der Waals surface area contributed by atoms with Crippen LogP contribution in [0.25, 0.3) is 16.7 Å². The van der Waals surface area contributed by atoms with Crippen molar-refractivity contribution in [1.82, 2.24) is 14.7 Å². The predicted molar refractivity (Wildman–Crippen MR) is 132 cm³/mol. The van der Waals surface area contributed by atoms with Gasteiger partial charge in [-0.1, -0.05) is 23.2 Å². The fraction of sp³-hybridized carbons (Fsp3) is 0.308. The number of hydrogen-bond donors (Lipinski definition) is 2. The van der Waals surface area contributed by atoms with E-state index in [4.69, 9.17) is 15.5 Å². The molecule has 35 heavy (non-hydrogen) atoms. The largest absolute Gasteiger partial charge is 0.379 e. The molecule has 0 spiro atoms. The number of aryl methyl sites for hydroxylation is 2. The van der Waals surface area contributed by atoms with Crippen molar-refractivity contribution in [3.63, 3.8) is 0 Å². The van der Waals surface area contributed by atoms with E-state index < -0.39 is 5.91 Å². The summed E-state index contributed by atoms with van der Waals surface area (Å²) in [5.41, 5.74) is 8.90. The number of nitrogens with zero attached hydrogens (tertiary/aromatic N) is 3. The van der Waals surface area contributed by atoms with Gasteiger partial charge in [-0.15, -0.1) is 0 Å². The first kappa shape index (κ1) is 24.3. The standard InChI is InChI=1S/C26H28FN5O3/c1-16(2)35-13-5-12-31-22(28)20(25(33)29-15-18-7-9-19(27)10-8-18)14-21-24(31)30-23-17(3)6-4-11-32(23)26(21)34/h4,6-11,14,16,28H,5,12-13,15H2,1-3H3,(H,29,33)/p+1. The highest BCUT2D eigenvalue weighted by atomic mass is 19.1. The van der Waals surface area contributed by atoms with Crippen LogP contribution in [-0.2, 0) is 17.8 Å². The molecule has 3 aromatic heterocycles. The molecule has 3 heterocycles. The number of carbonyl (C=O) groups is 1. The second-order valence-corrected chi connectivity index (χ2v) is 8.72. The minimum Gasteiger partial charge on any atom is -0.379 e. The lowest BCUT2D eigenvalue weighted by Crippen LogP contribution is -2.43. The molecule has 4 aromatic rings. The maximum Gasteiger partial charge on any atom is 0.278 e. The van der Waals surface area contributed by atoms with Gasteiger partial charge in [-0.3, -0.25) is 14.0 Å². The van der Waals surface area contributed by atoms with E-state index >= 15 is 0 Å². The van der Waals surface area contributed by atoms with Crippen LogP contribution in [0, 0.1) is 12.7 Å². The summed E-state index contributed by atoms with van der Waals surface area (Å²) < 4.78 is 22.0. The number of fused-ring (bicyclic) bond motifs is 2. The number of hydrogen-bond acceptors (Lipinski definition) is 5. The Morgan fingerprint density at radius 3 is 2.71 bits per heavy atom. The van der Waals surface area contributed by atoms with Crippen LogP contribution in [0.15, 0.2) is 53.5 Å². The second-order valence-electron chi connectivity index (χ2n) is 8.72. The zero-order chi connectivity index (χ0) is 25.1. The lowest BCUT2D eigenvalue weighted by atomic mass is 10.1. The number of halogens is 1. The molecule has 9 heteroatoms. The van der Waals surface area contributed by atoms with E-state index in [-0.39, 0.29) is 35.4 Å². The molecular weight excluding hydrogens is 449 g/mol. The molecule has 182 valence electrons. The Morgan fingerprint density at radius 1 is 1.26 bits per heavy atom. The summed E-state index contributed by atoms with van der Waals surface area (Å²) in [6.45, 7) is 6.91. The number of pyridine rings is 2. The number of nitrogens with one attached hydrogen (secondary N) is 1. The van der Waals surface area contributed by atoms with Gasteiger partial charge in [-0.05, 0) is 50.6 Å². The quantitative estimate of drug-likeness (QED) is 0.230. The topological polar surface area (TPSA) is 103 Å². The third-order valence-electron chi connectivity index (χ3n) is 5.76. The van der Waals surface area contributed by atoms with Crippen molar-refractivity contribution >= 4 is 28.4 Å². The van der Waals surface area contributed by atoms with Crippen molar-refractivity contribution in [1.29, 1.82) is 0 Å². The van der Waals surface area contributed by atoms with Crippen LogP contribution < -0.4 is 21.2 Å². The number of amides is 1. The van der Waals surface area contributed by atoms with E-state index in [0.717, 1.165) is 11.1 Å². The Bertz CT molecular complexity index is 1450. The SMILES string of the molecule is Cc1cccn2c(=O)c3cc(C(=O)NCc4ccc(F)cc4)c(N)[n+](CCCOC(C)C)c3nc12. The molecule has 0 aliphatic rings. The first-order valence-electron chi connectivity index (χ1n) is 11.5. The Balaban J connectivity index is 1.77. The number of nitrogens with two attached hydrogens (primary N) is 1. The highest BCUT2D eigenvalue weighted by molar-refractivity contribution is 6.00. The molecule has 0 aliphatic carbocycles. The van der Waals surface area contributed by atoms with Crippen LogP contribution in [0.5, 0.6) is 0 Å². The lowest BCUT2D eigenvalue weighted by molar-refractivity contribution is -0.659. The van der Waals surface area contributed by atoms with E-state index in [1.165, 1.54) is 22.6 Å². The van der Waals surface area contributed by atoms with Gasteiger partial charge in [-0.25, -0.2) is 8.96 Å². The fourth-order valence-electron chi connectivity index (χ4n) is 3.94. The molecule has 0 bridgehead atoms. The summed E-state index contributed by atoms with van der Waals surface area (Å²) >= 11 is 0. The van der Waals surface area contributed by atoms with Crippen molar-refractivity contribution in [2.75, 3.05) is 12.3 Å². The lowest BCUT2D eigenvalue weighted by Gasteiger charge is -2.13. The van der Waals surface area contributed by atoms with Crippen LogP contribution >= 0.6 is 0 Å². The summed E-state index contributed by atoms with van der Waals surface area (Å²) in [6.07, 6.45) is 2.37. The van der Waals surface area contributed by atoms with Gasteiger partial charge in [0.15, 0.2) is 0 Å². The van der Waals surface area contributed by atoms with Crippen LogP contribution in [0.2, 0.25) is 0 Å². The van der Waals surface area contributed by atoms with Gasteiger partial charge >= 0.3 is 0 Å². The maximum atomic E-state index is 13.4. The molecule has 0 saturated carbocycles. The third-order valence-corrected chi connectivity index (χ3v) is 5.76. The number of nitrogen functional groups attached to an aromatic ring is 1. The van der Waals surface area contributed by atoms with Crippen molar-refractivity contribution in [3.05, 3.63) is 81.5 Å². The first-order valence-corrected chi connectivity index (χ1v) is 11.5. The number of aromatic nitrogens is 3. The van der Waals surface area contributed by atoms with Crippen LogP contribution in [0.1, 0.15) is 41.8 Å². The summed E-state index contributed by atoms with van der Waals surface area (Å²) in [4.78, 5) is 31.3. The zero-order valence-corrected chi connectivity index (χ0v) is 20.0. The van der Waals surface area contributed by atoms with Gasteiger partial charge in [0.2, 0.25) is 11.5 Å². The Kier molecular flexibility index (Phi) is 7.07. The van der Waals surface area contributed by atoms with Crippen LogP contribution in [0.3, 0.4) is 0 Å². The highest BCUT2D eigenvalue weighted by Gasteiger charge is 2.24. The van der Waals surface area contributed by atoms with E-state index in [1.807, 2.05) is 26.8 Å². The molecule has 8 nitrogen and oxygen atoms in total. The molecule has 0 unspecified atom stereocenters. The second kappa shape index (κ2) is 10.2. The van der Waals surface area contributed by atoms with Crippen molar-refractivity contribution < 1.29 is 18.5 Å². The predicted octanol–water partition coefficient (Wildman–Crippen LogP) is 2.91. The summed E-state index contributed by atoms with van der Waals surface area (Å²) in [6, 6.07) is 11.0. The molecular formula is C26H29FN5O3+. The monoisotopic (exact) mass is 478 g/mol. The molecule has 0 saturated heterocycles. The number of rotatable bonds is 8. The first-order chi connectivity index (χ1) is 16.8. The fourth-order valence-corrected chi connectivity index (χ4v) is 3.94. The van der Waals surface area contributed by atoms with E-state index in [2.05, 4.69) is 5.32 Å². The average Bonchev–Trinajstić information content (AvgIpc) is 2.83. The zero-order valence-electron chi connectivity index (χ0n) is 20.0. The Hall–Kier alpha value is -3.85. The average molecular weight is 479 g/mol. The Labute approximate surface area is 202 Å². The Morgan fingerprint density at radius 2 is 2.00 bits per heavy atom. The van der Waals surface area contributed by atoms with Gasteiger partial charge in [0.1, 0.15) is 16.8 Å². The van der Waals surface area contributed by atoms with Crippen LogP contribution in [0.4, 0.5) is 10.2 Å². The van der Waals surface area contributed by atoms with Gasteiger partial charge < -0.3 is 15.8 Å². The number of benzene rings is 1. The van der Waals surface area contributed by atoms with E-state index in [9.17, 15) is 14.0 Å². The third kappa shape index (κ3) is 5.14. The minimum absolute atomic E-state index is 0.0898. The number of ether oxygens (including phenoxy) is 1. The molecule has 0 aliphatic heterocycles. The van der Waals surface area contributed by atoms with Gasteiger partial charge in [0, 0.05) is 31.3 Å². The number of carbonyl (C=O) groups excluding carboxylic acids is 1. The van der Waals surface area contributed by atoms with Gasteiger partial charge in [0.05, 0.1) is 12.6 Å². The highest BCUT2D eigenvalue weighted by Crippen LogP contribution is 2.16. The molecule has 1 aromatic carbocycles. The molecule has 4 rings (SSSR count). The van der Waals surface area contributed by atoms with E-state index in [0.29, 0.717) is 36.3 Å². The van der Waals surface area contributed by atoms with Crippen molar-refractivity contribution in [3.8, 4) is 0 Å². The van der Waals surface area contributed by atoms with Crippen molar-refractivity contribution in [2.24, 2.45) is 0 Å². The molecule has 0 atom stereocenters.